The van der Waals surface area contributed by atoms with E-state index in [-0.39, 0.29) is 11.8 Å². The number of nitrogens with zero attached hydrogens (tertiary/aromatic N) is 3. The SMILES string of the molecule is CCS(=O)(=O)N1CCC(Nc2nc(-c3nccs3)cs2)CC1. The van der Waals surface area contributed by atoms with Gasteiger partial charge in [0.2, 0.25) is 10.0 Å². The molecule has 0 bridgehead atoms. The van der Waals surface area contributed by atoms with E-state index in [4.69, 9.17) is 0 Å². The van der Waals surface area contributed by atoms with Crippen molar-refractivity contribution in [3.05, 3.63) is 17.0 Å². The van der Waals surface area contributed by atoms with Crippen LogP contribution in [0, 0.1) is 0 Å². The van der Waals surface area contributed by atoms with E-state index in [0.29, 0.717) is 13.1 Å². The normalized spacial score (nSPS) is 17.7. The average Bonchev–Trinajstić information content (AvgIpc) is 3.18. The molecule has 2 aromatic rings. The van der Waals surface area contributed by atoms with Crippen molar-refractivity contribution in [1.82, 2.24) is 14.3 Å². The summed E-state index contributed by atoms with van der Waals surface area (Å²) >= 11 is 3.14. The lowest BCUT2D eigenvalue weighted by molar-refractivity contribution is 0.330. The number of rotatable bonds is 5. The number of nitrogens with one attached hydrogen (secondary N) is 1. The van der Waals surface area contributed by atoms with Gasteiger partial charge in [-0.05, 0) is 19.8 Å². The van der Waals surface area contributed by atoms with Gasteiger partial charge in [-0.1, -0.05) is 0 Å². The number of aromatic nitrogens is 2. The van der Waals surface area contributed by atoms with Gasteiger partial charge in [-0.3, -0.25) is 0 Å². The molecule has 0 saturated carbocycles. The molecule has 6 nitrogen and oxygen atoms in total. The molecule has 1 aliphatic heterocycles. The first kappa shape index (κ1) is 15.9. The van der Waals surface area contributed by atoms with Crippen LogP contribution in [-0.4, -0.2) is 47.6 Å². The molecule has 0 atom stereocenters. The molecule has 1 N–H and O–H groups in total. The zero-order valence-electron chi connectivity index (χ0n) is 12.2. The highest BCUT2D eigenvalue weighted by Gasteiger charge is 2.26. The van der Waals surface area contributed by atoms with Crippen LogP contribution in [0.1, 0.15) is 19.8 Å². The summed E-state index contributed by atoms with van der Waals surface area (Å²) in [6, 6.07) is 0.276. The number of hydrogen-bond donors (Lipinski definition) is 1. The monoisotopic (exact) mass is 358 g/mol. The van der Waals surface area contributed by atoms with Gasteiger partial charge in [-0.15, -0.1) is 22.7 Å². The van der Waals surface area contributed by atoms with Crippen LogP contribution in [-0.2, 0) is 10.0 Å². The van der Waals surface area contributed by atoms with Gasteiger partial charge in [0, 0.05) is 36.1 Å². The zero-order chi connectivity index (χ0) is 15.6. The van der Waals surface area contributed by atoms with Crippen molar-refractivity contribution in [2.75, 3.05) is 24.2 Å². The third-order valence-electron chi connectivity index (χ3n) is 3.70. The molecule has 0 amide bonds. The molecule has 1 aliphatic rings. The maximum Gasteiger partial charge on any atom is 0.213 e. The highest BCUT2D eigenvalue weighted by Crippen LogP contribution is 2.27. The number of anilines is 1. The number of hydrogen-bond acceptors (Lipinski definition) is 7. The Kier molecular flexibility index (Phi) is 4.76. The first-order valence-electron chi connectivity index (χ1n) is 7.18. The van der Waals surface area contributed by atoms with Crippen molar-refractivity contribution in [2.45, 2.75) is 25.8 Å². The molecule has 22 heavy (non-hydrogen) atoms. The van der Waals surface area contributed by atoms with Gasteiger partial charge in [-0.2, -0.15) is 0 Å². The predicted octanol–water partition coefficient (Wildman–Crippen LogP) is 2.49. The van der Waals surface area contributed by atoms with Crippen LogP contribution < -0.4 is 5.32 Å². The molecule has 0 aliphatic carbocycles. The molecule has 2 aromatic heterocycles. The first-order chi connectivity index (χ1) is 10.6. The summed E-state index contributed by atoms with van der Waals surface area (Å²) < 4.78 is 25.3. The summed E-state index contributed by atoms with van der Waals surface area (Å²) in [6.45, 7) is 2.85. The summed E-state index contributed by atoms with van der Waals surface area (Å²) in [4.78, 5) is 8.81. The van der Waals surface area contributed by atoms with Crippen LogP contribution in [0.15, 0.2) is 17.0 Å². The topological polar surface area (TPSA) is 75.2 Å². The lowest BCUT2D eigenvalue weighted by atomic mass is 10.1. The third-order valence-corrected chi connectivity index (χ3v) is 7.15. The Hall–Kier alpha value is -1.03. The Bertz CT molecular complexity index is 703. The Labute approximate surface area is 138 Å². The zero-order valence-corrected chi connectivity index (χ0v) is 14.7. The fourth-order valence-electron chi connectivity index (χ4n) is 2.42. The van der Waals surface area contributed by atoms with E-state index in [1.165, 1.54) is 0 Å². The minimum absolute atomic E-state index is 0.175. The Morgan fingerprint density at radius 3 is 2.77 bits per heavy atom. The van der Waals surface area contributed by atoms with Gasteiger partial charge in [0.25, 0.3) is 0 Å². The van der Waals surface area contributed by atoms with E-state index in [2.05, 4.69) is 15.3 Å². The molecule has 0 aromatic carbocycles. The molecule has 3 heterocycles. The van der Waals surface area contributed by atoms with Crippen molar-refractivity contribution in [1.29, 1.82) is 0 Å². The molecule has 0 spiro atoms. The molecule has 9 heteroatoms. The number of sulfonamides is 1. The van der Waals surface area contributed by atoms with E-state index >= 15 is 0 Å². The molecular weight excluding hydrogens is 340 g/mol. The quantitative estimate of drug-likeness (QED) is 0.889. The fourth-order valence-corrected chi connectivity index (χ4v) is 5.00. The van der Waals surface area contributed by atoms with E-state index in [9.17, 15) is 8.42 Å². The predicted molar refractivity (Wildman–Crippen MR) is 90.9 cm³/mol. The Morgan fingerprint density at radius 1 is 1.36 bits per heavy atom. The molecular formula is C13H18N4O2S3. The van der Waals surface area contributed by atoms with Crippen LogP contribution in [0.5, 0.6) is 0 Å². The minimum Gasteiger partial charge on any atom is -0.359 e. The largest absolute Gasteiger partial charge is 0.359 e. The molecule has 0 radical (unpaired) electrons. The van der Waals surface area contributed by atoms with Crippen molar-refractivity contribution in [2.24, 2.45) is 0 Å². The van der Waals surface area contributed by atoms with E-state index < -0.39 is 10.0 Å². The average molecular weight is 359 g/mol. The van der Waals surface area contributed by atoms with Gasteiger partial charge in [0.15, 0.2) is 5.13 Å². The lowest BCUT2D eigenvalue weighted by Gasteiger charge is -2.31. The summed E-state index contributed by atoms with van der Waals surface area (Å²) in [6.07, 6.45) is 3.40. The van der Waals surface area contributed by atoms with Gasteiger partial charge in [0.05, 0.1) is 5.75 Å². The van der Waals surface area contributed by atoms with E-state index in [1.807, 2.05) is 10.8 Å². The Balaban J connectivity index is 1.57. The standard InChI is InChI=1S/C13H18N4O2S3/c1-2-22(18,19)17-6-3-10(4-7-17)15-13-16-11(9-21-13)12-14-5-8-20-12/h5,8-10H,2-4,6-7H2,1H3,(H,15,16). The fraction of sp³-hybridized carbons (Fsp3) is 0.538. The van der Waals surface area contributed by atoms with Crippen LogP contribution in [0.4, 0.5) is 5.13 Å². The van der Waals surface area contributed by atoms with Gasteiger partial charge < -0.3 is 5.32 Å². The van der Waals surface area contributed by atoms with E-state index in [1.54, 1.807) is 40.1 Å². The number of piperidine rings is 1. The number of thiazole rings is 2. The maximum atomic E-state index is 11.8. The van der Waals surface area contributed by atoms with Crippen molar-refractivity contribution < 1.29 is 8.42 Å². The second kappa shape index (κ2) is 6.61. The first-order valence-corrected chi connectivity index (χ1v) is 10.5. The highest BCUT2D eigenvalue weighted by molar-refractivity contribution is 7.89. The smallest absolute Gasteiger partial charge is 0.213 e. The lowest BCUT2D eigenvalue weighted by Crippen LogP contribution is -2.42. The Morgan fingerprint density at radius 2 is 2.14 bits per heavy atom. The van der Waals surface area contributed by atoms with Gasteiger partial charge >= 0.3 is 0 Å². The van der Waals surface area contributed by atoms with Crippen LogP contribution in [0.2, 0.25) is 0 Å². The third kappa shape index (κ3) is 3.48. The highest BCUT2D eigenvalue weighted by atomic mass is 32.2. The van der Waals surface area contributed by atoms with Crippen LogP contribution in [0.25, 0.3) is 10.7 Å². The molecule has 0 unspecified atom stereocenters. The van der Waals surface area contributed by atoms with E-state index in [0.717, 1.165) is 28.7 Å². The van der Waals surface area contributed by atoms with Crippen molar-refractivity contribution in [3.63, 3.8) is 0 Å². The van der Waals surface area contributed by atoms with Crippen molar-refractivity contribution >= 4 is 37.8 Å². The van der Waals surface area contributed by atoms with Crippen LogP contribution >= 0.6 is 22.7 Å². The maximum absolute atomic E-state index is 11.8. The minimum atomic E-state index is -3.06. The van der Waals surface area contributed by atoms with Crippen LogP contribution in [0.3, 0.4) is 0 Å². The summed E-state index contributed by atoms with van der Waals surface area (Å²) in [5, 5.41) is 9.15. The molecule has 120 valence electrons. The second-order valence-corrected chi connectivity index (χ2v) is 9.10. The van der Waals surface area contributed by atoms with Gasteiger partial charge in [0.1, 0.15) is 10.7 Å². The summed E-state index contributed by atoms with van der Waals surface area (Å²) in [5.41, 5.74) is 0.897. The summed E-state index contributed by atoms with van der Waals surface area (Å²) in [7, 11) is -3.06. The molecule has 1 fully saturated rings. The second-order valence-electron chi connectivity index (χ2n) is 5.09. The summed E-state index contributed by atoms with van der Waals surface area (Å²) in [5.74, 6) is 0.175. The molecule has 3 rings (SSSR count). The van der Waals surface area contributed by atoms with Crippen molar-refractivity contribution in [3.8, 4) is 10.7 Å². The van der Waals surface area contributed by atoms with Gasteiger partial charge in [-0.25, -0.2) is 22.7 Å². The molecule has 1 saturated heterocycles.